The Kier molecular flexibility index (Phi) is 9.82. The van der Waals surface area contributed by atoms with Crippen molar-refractivity contribution in [2.24, 2.45) is 0 Å². The minimum Gasteiger partial charge on any atom is -0.497 e. The summed E-state index contributed by atoms with van der Waals surface area (Å²) in [5.74, 6) is -1.04. The number of methoxy groups -OCH3 is 1. The molecule has 2 aromatic carbocycles. The first-order chi connectivity index (χ1) is 17.4. The first-order valence-electron chi connectivity index (χ1n) is 11.5. The molecule has 0 spiro atoms. The third-order valence-corrected chi connectivity index (χ3v) is 6.56. The zero-order valence-electron chi connectivity index (χ0n) is 19.9. The summed E-state index contributed by atoms with van der Waals surface area (Å²) >= 11 is 1.19. The summed E-state index contributed by atoms with van der Waals surface area (Å²) in [4.78, 5) is 36.3. The molecule has 0 aliphatic carbocycles. The van der Waals surface area contributed by atoms with Crippen LogP contribution in [0.1, 0.15) is 61.7 Å². The van der Waals surface area contributed by atoms with Gasteiger partial charge in [0.25, 0.3) is 0 Å². The lowest BCUT2D eigenvalue weighted by Gasteiger charge is -2.06. The Morgan fingerprint density at radius 1 is 0.972 bits per heavy atom. The predicted molar refractivity (Wildman–Crippen MR) is 138 cm³/mol. The molecule has 0 bridgehead atoms. The SMILES string of the molecule is COc1ccc(C=CCCCCOc2cc(C(=O)c3cccc(C(=O)O)c3)sc2CCC(=O)O)cc1. The number of carbonyl (C=O) groups is 3. The van der Waals surface area contributed by atoms with E-state index in [0.717, 1.165) is 30.6 Å². The van der Waals surface area contributed by atoms with Gasteiger partial charge < -0.3 is 19.7 Å². The molecule has 8 heteroatoms. The van der Waals surface area contributed by atoms with E-state index in [1.807, 2.05) is 24.3 Å². The van der Waals surface area contributed by atoms with Gasteiger partial charge in [-0.25, -0.2) is 4.79 Å². The summed E-state index contributed by atoms with van der Waals surface area (Å²) in [6, 6.07) is 15.3. The van der Waals surface area contributed by atoms with Gasteiger partial charge in [0.2, 0.25) is 5.78 Å². The molecule has 7 nitrogen and oxygen atoms in total. The van der Waals surface area contributed by atoms with Crippen LogP contribution in [0.3, 0.4) is 0 Å². The molecular weight excluding hydrogens is 480 g/mol. The maximum absolute atomic E-state index is 13.0. The molecule has 3 rings (SSSR count). The van der Waals surface area contributed by atoms with E-state index >= 15 is 0 Å². The van der Waals surface area contributed by atoms with Gasteiger partial charge in [0.05, 0.1) is 30.6 Å². The van der Waals surface area contributed by atoms with E-state index in [0.29, 0.717) is 22.1 Å². The van der Waals surface area contributed by atoms with Gasteiger partial charge in [0.1, 0.15) is 11.5 Å². The fraction of sp³-hybridized carbons (Fsp3) is 0.250. The highest BCUT2D eigenvalue weighted by Gasteiger charge is 2.19. The number of ketones is 1. The number of hydrogen-bond acceptors (Lipinski definition) is 6. The van der Waals surface area contributed by atoms with Crippen molar-refractivity contribution >= 4 is 35.1 Å². The summed E-state index contributed by atoms with van der Waals surface area (Å²) in [6.45, 7) is 0.440. The Morgan fingerprint density at radius 3 is 2.42 bits per heavy atom. The summed E-state index contributed by atoms with van der Waals surface area (Å²) in [6.07, 6.45) is 6.93. The second-order valence-corrected chi connectivity index (χ2v) is 9.16. The number of aromatic carboxylic acids is 1. The van der Waals surface area contributed by atoms with Gasteiger partial charge in [-0.2, -0.15) is 0 Å². The van der Waals surface area contributed by atoms with E-state index in [4.69, 9.17) is 14.6 Å². The molecule has 1 heterocycles. The Morgan fingerprint density at radius 2 is 1.72 bits per heavy atom. The van der Waals surface area contributed by atoms with Crippen LogP contribution in [0.5, 0.6) is 11.5 Å². The molecule has 1 aromatic heterocycles. The number of ether oxygens (including phenoxy) is 2. The van der Waals surface area contributed by atoms with Gasteiger partial charge in [-0.15, -0.1) is 11.3 Å². The van der Waals surface area contributed by atoms with Crippen molar-refractivity contribution in [1.29, 1.82) is 0 Å². The molecule has 0 saturated heterocycles. The van der Waals surface area contributed by atoms with Crippen molar-refractivity contribution in [3.05, 3.63) is 87.1 Å². The highest BCUT2D eigenvalue weighted by molar-refractivity contribution is 7.14. The number of hydrogen-bond donors (Lipinski definition) is 2. The summed E-state index contributed by atoms with van der Waals surface area (Å²) in [5.41, 5.74) is 1.39. The van der Waals surface area contributed by atoms with Gasteiger partial charge in [0, 0.05) is 16.5 Å². The number of aliphatic carboxylic acids is 1. The van der Waals surface area contributed by atoms with Crippen LogP contribution in [0.4, 0.5) is 0 Å². The maximum Gasteiger partial charge on any atom is 0.335 e. The Bertz CT molecular complexity index is 1220. The standard InChI is InChI=1S/C28H28O7S/c1-34-22-12-10-19(11-13-22)7-4-2-3-5-16-35-23-18-25(36-24(23)14-15-26(29)30)27(31)20-8-6-9-21(17-20)28(32)33/h4,6-13,17-18H,2-3,5,14-16H2,1H3,(H,29,30)(H,32,33). The molecule has 0 aliphatic rings. The van der Waals surface area contributed by atoms with Crippen molar-refractivity contribution in [2.45, 2.75) is 32.1 Å². The predicted octanol–water partition coefficient (Wildman–Crippen LogP) is 5.97. The normalized spacial score (nSPS) is 10.9. The number of allylic oxidation sites excluding steroid dienone is 1. The average molecular weight is 509 g/mol. The fourth-order valence-electron chi connectivity index (χ4n) is 3.46. The Hall–Kier alpha value is -3.91. The van der Waals surface area contributed by atoms with Crippen molar-refractivity contribution in [2.75, 3.05) is 13.7 Å². The van der Waals surface area contributed by atoms with E-state index in [9.17, 15) is 19.5 Å². The Labute approximate surface area is 213 Å². The molecule has 0 aliphatic heterocycles. The quantitative estimate of drug-likeness (QED) is 0.204. The molecule has 3 aromatic rings. The van der Waals surface area contributed by atoms with Gasteiger partial charge in [-0.05, 0) is 55.5 Å². The van der Waals surface area contributed by atoms with E-state index in [1.165, 1.54) is 29.5 Å². The smallest absolute Gasteiger partial charge is 0.335 e. The minimum absolute atomic E-state index is 0.0287. The van der Waals surface area contributed by atoms with Crippen LogP contribution in [0.25, 0.3) is 6.08 Å². The van der Waals surface area contributed by atoms with Crippen LogP contribution in [0.2, 0.25) is 0 Å². The summed E-state index contributed by atoms with van der Waals surface area (Å²) in [5, 5.41) is 18.3. The molecule has 0 atom stereocenters. The number of benzene rings is 2. The van der Waals surface area contributed by atoms with Crippen LogP contribution in [0, 0.1) is 0 Å². The van der Waals surface area contributed by atoms with Crippen molar-refractivity contribution in [3.8, 4) is 11.5 Å². The topological polar surface area (TPSA) is 110 Å². The largest absolute Gasteiger partial charge is 0.497 e. The molecule has 36 heavy (non-hydrogen) atoms. The molecule has 0 fully saturated rings. The molecule has 0 unspecified atom stereocenters. The van der Waals surface area contributed by atoms with E-state index < -0.39 is 11.9 Å². The first kappa shape index (κ1) is 26.7. The monoisotopic (exact) mass is 508 g/mol. The second kappa shape index (κ2) is 13.3. The van der Waals surface area contributed by atoms with Gasteiger partial charge in [-0.3, -0.25) is 9.59 Å². The molecule has 0 radical (unpaired) electrons. The number of carboxylic acid groups (broad SMARTS) is 2. The second-order valence-electron chi connectivity index (χ2n) is 8.03. The van der Waals surface area contributed by atoms with Crippen molar-refractivity contribution in [3.63, 3.8) is 0 Å². The summed E-state index contributed by atoms with van der Waals surface area (Å²) < 4.78 is 11.1. The summed E-state index contributed by atoms with van der Waals surface area (Å²) in [7, 11) is 1.64. The van der Waals surface area contributed by atoms with Crippen molar-refractivity contribution in [1.82, 2.24) is 0 Å². The number of carboxylic acids is 2. The van der Waals surface area contributed by atoms with Crippen LogP contribution in [-0.2, 0) is 11.2 Å². The van der Waals surface area contributed by atoms with Crippen LogP contribution < -0.4 is 9.47 Å². The third kappa shape index (κ3) is 7.81. The first-order valence-corrected chi connectivity index (χ1v) is 12.3. The molecule has 0 saturated carbocycles. The molecular formula is C28H28O7S. The van der Waals surface area contributed by atoms with Crippen LogP contribution in [-0.4, -0.2) is 41.7 Å². The zero-order chi connectivity index (χ0) is 25.9. The minimum atomic E-state index is -1.11. The van der Waals surface area contributed by atoms with Crippen LogP contribution in [0.15, 0.2) is 60.7 Å². The number of thiophene rings is 1. The van der Waals surface area contributed by atoms with Gasteiger partial charge in [-0.1, -0.05) is 36.4 Å². The highest BCUT2D eigenvalue weighted by Crippen LogP contribution is 2.32. The Balaban J connectivity index is 1.57. The number of rotatable bonds is 14. The molecule has 188 valence electrons. The average Bonchev–Trinajstić information content (AvgIpc) is 3.29. The third-order valence-electron chi connectivity index (χ3n) is 5.38. The van der Waals surface area contributed by atoms with Gasteiger partial charge in [0.15, 0.2) is 0 Å². The van der Waals surface area contributed by atoms with E-state index in [2.05, 4.69) is 12.2 Å². The van der Waals surface area contributed by atoms with Crippen LogP contribution >= 0.6 is 11.3 Å². The van der Waals surface area contributed by atoms with E-state index in [1.54, 1.807) is 19.2 Å². The molecule has 0 amide bonds. The lowest BCUT2D eigenvalue weighted by atomic mass is 10.1. The number of unbranched alkanes of at least 4 members (excludes halogenated alkanes) is 2. The van der Waals surface area contributed by atoms with E-state index in [-0.39, 0.29) is 29.8 Å². The lowest BCUT2D eigenvalue weighted by Crippen LogP contribution is -2.02. The zero-order valence-corrected chi connectivity index (χ0v) is 20.8. The lowest BCUT2D eigenvalue weighted by molar-refractivity contribution is -0.136. The fourth-order valence-corrected chi connectivity index (χ4v) is 4.52. The van der Waals surface area contributed by atoms with Gasteiger partial charge >= 0.3 is 11.9 Å². The van der Waals surface area contributed by atoms with Crippen molar-refractivity contribution < 1.29 is 34.1 Å². The maximum atomic E-state index is 13.0. The highest BCUT2D eigenvalue weighted by atomic mass is 32.1. The molecule has 2 N–H and O–H groups in total. The number of aryl methyl sites for hydroxylation is 1. The number of carbonyl (C=O) groups excluding carboxylic acids is 1.